The van der Waals surface area contributed by atoms with Gasteiger partial charge in [-0.3, -0.25) is 4.79 Å². The molecule has 2 saturated carbocycles. The lowest BCUT2D eigenvalue weighted by atomic mass is 9.68. The molecule has 5 atom stereocenters. The molecule has 2 N–H and O–H groups in total. The van der Waals surface area contributed by atoms with Crippen LogP contribution in [-0.2, 0) is 6.54 Å². The van der Waals surface area contributed by atoms with E-state index in [4.69, 9.17) is 4.74 Å². The van der Waals surface area contributed by atoms with Crippen LogP contribution in [0.5, 0.6) is 5.75 Å². The predicted octanol–water partition coefficient (Wildman–Crippen LogP) is 5.92. The van der Waals surface area contributed by atoms with Gasteiger partial charge in [-0.1, -0.05) is 48.5 Å². The predicted molar refractivity (Wildman–Crippen MR) is 130 cm³/mol. The maximum absolute atomic E-state index is 13.1. The molecule has 0 unspecified atom stereocenters. The molecule has 1 aliphatic heterocycles. The lowest BCUT2D eigenvalue weighted by Crippen LogP contribution is -2.35. The number of anilines is 1. The summed E-state index contributed by atoms with van der Waals surface area (Å²) in [4.78, 5) is 13.1. The fourth-order valence-corrected chi connectivity index (χ4v) is 6.74. The van der Waals surface area contributed by atoms with Crippen LogP contribution in [0.15, 0.2) is 72.8 Å². The van der Waals surface area contributed by atoms with E-state index in [9.17, 15) is 4.79 Å². The van der Waals surface area contributed by atoms with E-state index in [0.717, 1.165) is 28.7 Å². The van der Waals surface area contributed by atoms with E-state index < -0.39 is 0 Å². The Bertz CT molecular complexity index is 1180. The highest BCUT2D eigenvalue weighted by Crippen LogP contribution is 2.63. The average molecular weight is 439 g/mol. The SMILES string of the molecule is COc1ccccc1CNC(=O)c1ccc2c(c1)[C@@H]1[C@H]3CC[C@@H](C3)[C@H]1[C@@H](c1ccccc1)N2. The first-order valence-electron chi connectivity index (χ1n) is 12.1. The number of ether oxygens (including phenoxy) is 1. The number of amides is 1. The summed E-state index contributed by atoms with van der Waals surface area (Å²) in [5.74, 6) is 3.41. The molecule has 2 aliphatic carbocycles. The number of hydrogen-bond acceptors (Lipinski definition) is 3. The Kier molecular flexibility index (Phi) is 5.09. The van der Waals surface area contributed by atoms with Crippen LogP contribution < -0.4 is 15.4 Å². The first kappa shape index (κ1) is 20.3. The van der Waals surface area contributed by atoms with Gasteiger partial charge in [0.25, 0.3) is 5.91 Å². The standard InChI is InChI=1S/C29H30N2O2/c1-33-25-10-6-5-9-22(25)17-30-29(32)21-13-14-24-23(16-21)26-19-11-12-20(15-19)27(26)28(31-24)18-7-3-2-4-8-18/h2-10,13-14,16,19-20,26-28,31H,11-12,15,17H2,1H3,(H,30,32)/t19-,20-,26-,27+,28+/m0/s1. The van der Waals surface area contributed by atoms with Crippen molar-refractivity contribution in [1.29, 1.82) is 0 Å². The van der Waals surface area contributed by atoms with Crippen LogP contribution in [0, 0.1) is 17.8 Å². The van der Waals surface area contributed by atoms with E-state index in [1.807, 2.05) is 30.3 Å². The van der Waals surface area contributed by atoms with Gasteiger partial charge in [-0.15, -0.1) is 0 Å². The van der Waals surface area contributed by atoms with Crippen molar-refractivity contribution in [3.8, 4) is 5.75 Å². The van der Waals surface area contributed by atoms with Gasteiger partial charge in [0, 0.05) is 23.4 Å². The minimum atomic E-state index is -0.0337. The van der Waals surface area contributed by atoms with Gasteiger partial charge in [0.15, 0.2) is 0 Å². The summed E-state index contributed by atoms with van der Waals surface area (Å²) < 4.78 is 5.42. The molecule has 2 fully saturated rings. The summed E-state index contributed by atoms with van der Waals surface area (Å²) in [5, 5.41) is 6.95. The Morgan fingerprint density at radius 3 is 2.64 bits per heavy atom. The number of nitrogens with one attached hydrogen (secondary N) is 2. The van der Waals surface area contributed by atoms with Crippen molar-refractivity contribution in [2.75, 3.05) is 12.4 Å². The number of hydrogen-bond donors (Lipinski definition) is 2. The summed E-state index contributed by atoms with van der Waals surface area (Å²) in [5.41, 5.74) is 5.63. The molecular weight excluding hydrogens is 408 g/mol. The molecule has 3 aromatic rings. The van der Waals surface area contributed by atoms with Crippen molar-refractivity contribution in [2.24, 2.45) is 17.8 Å². The monoisotopic (exact) mass is 438 g/mol. The molecule has 1 heterocycles. The third-order valence-electron chi connectivity index (χ3n) is 8.14. The summed E-state index contributed by atoms with van der Waals surface area (Å²) >= 11 is 0. The van der Waals surface area contributed by atoms with Crippen LogP contribution in [-0.4, -0.2) is 13.0 Å². The smallest absolute Gasteiger partial charge is 0.251 e. The zero-order valence-corrected chi connectivity index (χ0v) is 19.0. The highest BCUT2D eigenvalue weighted by molar-refractivity contribution is 5.95. The van der Waals surface area contributed by atoms with Gasteiger partial charge in [-0.25, -0.2) is 0 Å². The van der Waals surface area contributed by atoms with E-state index in [-0.39, 0.29) is 5.91 Å². The molecule has 0 spiro atoms. The van der Waals surface area contributed by atoms with Crippen LogP contribution in [0.1, 0.15) is 58.3 Å². The zero-order valence-electron chi connectivity index (χ0n) is 19.0. The highest BCUT2D eigenvalue weighted by atomic mass is 16.5. The van der Waals surface area contributed by atoms with Crippen molar-refractivity contribution < 1.29 is 9.53 Å². The largest absolute Gasteiger partial charge is 0.496 e. The molecular formula is C29H30N2O2. The second-order valence-corrected chi connectivity index (χ2v) is 9.77. The number of methoxy groups -OCH3 is 1. The quantitative estimate of drug-likeness (QED) is 0.520. The Balaban J connectivity index is 1.28. The fraction of sp³-hybridized carbons (Fsp3) is 0.345. The van der Waals surface area contributed by atoms with E-state index in [2.05, 4.69) is 53.1 Å². The minimum absolute atomic E-state index is 0.0337. The van der Waals surface area contributed by atoms with E-state index in [1.54, 1.807) is 7.11 Å². The van der Waals surface area contributed by atoms with Crippen LogP contribution in [0.25, 0.3) is 0 Å². The lowest BCUT2D eigenvalue weighted by molar-refractivity contribution is 0.0950. The van der Waals surface area contributed by atoms with Crippen LogP contribution in [0.2, 0.25) is 0 Å². The molecule has 33 heavy (non-hydrogen) atoms. The summed E-state index contributed by atoms with van der Waals surface area (Å²) in [6, 6.07) is 25.3. The number of rotatable bonds is 5. The third-order valence-corrected chi connectivity index (χ3v) is 8.14. The molecule has 6 rings (SSSR count). The lowest BCUT2D eigenvalue weighted by Gasteiger charge is -2.43. The maximum Gasteiger partial charge on any atom is 0.251 e. The second kappa shape index (κ2) is 8.26. The van der Waals surface area contributed by atoms with Crippen molar-refractivity contribution in [3.63, 3.8) is 0 Å². The number of para-hydroxylation sites is 1. The summed E-state index contributed by atoms with van der Waals surface area (Å²) in [6.45, 7) is 0.449. The van der Waals surface area contributed by atoms with Crippen molar-refractivity contribution in [2.45, 2.75) is 37.8 Å². The van der Waals surface area contributed by atoms with Crippen LogP contribution in [0.4, 0.5) is 5.69 Å². The normalized spacial score (nSPS) is 26.8. The minimum Gasteiger partial charge on any atom is -0.496 e. The molecule has 0 aromatic heterocycles. The average Bonchev–Trinajstić information content (AvgIpc) is 3.50. The van der Waals surface area contributed by atoms with E-state index in [1.165, 1.54) is 36.1 Å². The number of carbonyl (C=O) groups is 1. The first-order chi connectivity index (χ1) is 16.2. The Hall–Kier alpha value is -3.27. The molecule has 168 valence electrons. The van der Waals surface area contributed by atoms with Gasteiger partial charge in [-0.05, 0) is 78.3 Å². The topological polar surface area (TPSA) is 50.4 Å². The molecule has 3 aromatic carbocycles. The molecule has 0 radical (unpaired) electrons. The van der Waals surface area contributed by atoms with Crippen LogP contribution >= 0.6 is 0 Å². The number of benzene rings is 3. The number of fused-ring (bicyclic) bond motifs is 7. The zero-order chi connectivity index (χ0) is 22.4. The van der Waals surface area contributed by atoms with Gasteiger partial charge >= 0.3 is 0 Å². The van der Waals surface area contributed by atoms with Gasteiger partial charge < -0.3 is 15.4 Å². The van der Waals surface area contributed by atoms with E-state index in [0.29, 0.717) is 24.4 Å². The Labute approximate surface area is 195 Å². The molecule has 0 saturated heterocycles. The van der Waals surface area contributed by atoms with Crippen molar-refractivity contribution >= 4 is 11.6 Å². The first-order valence-corrected chi connectivity index (χ1v) is 12.1. The van der Waals surface area contributed by atoms with E-state index >= 15 is 0 Å². The fourth-order valence-electron chi connectivity index (χ4n) is 6.74. The molecule has 3 aliphatic rings. The molecule has 4 nitrogen and oxygen atoms in total. The summed E-state index contributed by atoms with van der Waals surface area (Å²) in [7, 11) is 1.66. The second-order valence-electron chi connectivity index (χ2n) is 9.77. The Morgan fingerprint density at radius 1 is 1.00 bits per heavy atom. The molecule has 2 bridgehead atoms. The highest BCUT2D eigenvalue weighted by Gasteiger charge is 2.53. The van der Waals surface area contributed by atoms with Gasteiger partial charge in [0.1, 0.15) is 5.75 Å². The van der Waals surface area contributed by atoms with Crippen molar-refractivity contribution in [3.05, 3.63) is 95.1 Å². The van der Waals surface area contributed by atoms with Gasteiger partial charge in [0.2, 0.25) is 0 Å². The van der Waals surface area contributed by atoms with Gasteiger partial charge in [-0.2, -0.15) is 0 Å². The molecule has 4 heteroatoms. The Morgan fingerprint density at radius 2 is 1.79 bits per heavy atom. The van der Waals surface area contributed by atoms with Crippen molar-refractivity contribution in [1.82, 2.24) is 5.32 Å². The van der Waals surface area contributed by atoms with Gasteiger partial charge in [0.05, 0.1) is 13.2 Å². The number of carbonyl (C=O) groups excluding carboxylic acids is 1. The van der Waals surface area contributed by atoms with Crippen LogP contribution in [0.3, 0.4) is 0 Å². The molecule has 1 amide bonds. The maximum atomic E-state index is 13.1. The summed E-state index contributed by atoms with van der Waals surface area (Å²) in [6.07, 6.45) is 3.98. The third kappa shape index (κ3) is 3.49.